The molecular formula is C11H11O4P. The fourth-order valence-corrected chi connectivity index (χ4v) is 2.11. The van der Waals surface area contributed by atoms with Gasteiger partial charge in [-0.2, -0.15) is 0 Å². The molecule has 0 saturated carbocycles. The van der Waals surface area contributed by atoms with Crippen molar-refractivity contribution in [2.75, 3.05) is 0 Å². The highest BCUT2D eigenvalue weighted by Gasteiger charge is 2.27. The third kappa shape index (κ3) is 2.15. The molecule has 2 rings (SSSR count). The van der Waals surface area contributed by atoms with E-state index in [9.17, 15) is 9.67 Å². The molecule has 84 valence electrons. The molecule has 4 nitrogen and oxygen atoms in total. The molecule has 0 saturated heterocycles. The van der Waals surface area contributed by atoms with Gasteiger partial charge in [-0.1, -0.05) is 36.4 Å². The van der Waals surface area contributed by atoms with Crippen molar-refractivity contribution in [3.05, 3.63) is 48.0 Å². The molecule has 0 radical (unpaired) electrons. The van der Waals surface area contributed by atoms with Crippen molar-refractivity contribution in [2.45, 2.75) is 5.85 Å². The fraction of sp³-hybridized carbons (Fsp3) is 0.0909. The molecule has 0 aliphatic carbocycles. The third-order valence-electron chi connectivity index (χ3n) is 2.39. The molecular weight excluding hydrogens is 227 g/mol. The number of hydrogen-bond donors (Lipinski definition) is 3. The fourth-order valence-electron chi connectivity index (χ4n) is 1.56. The van der Waals surface area contributed by atoms with Gasteiger partial charge in [0.25, 0.3) is 0 Å². The second kappa shape index (κ2) is 4.00. The van der Waals surface area contributed by atoms with E-state index in [-0.39, 0.29) is 5.56 Å². The second-order valence-corrected chi connectivity index (χ2v) is 5.24. The van der Waals surface area contributed by atoms with Crippen molar-refractivity contribution in [1.82, 2.24) is 0 Å². The maximum atomic E-state index is 10.9. The lowest BCUT2D eigenvalue weighted by atomic mass is 10.1. The number of fused-ring (bicyclic) bond motifs is 1. The van der Waals surface area contributed by atoms with Crippen molar-refractivity contribution >= 4 is 18.4 Å². The Kier molecular flexibility index (Phi) is 2.82. The van der Waals surface area contributed by atoms with Crippen LogP contribution in [0.5, 0.6) is 0 Å². The highest BCUT2D eigenvalue weighted by Crippen LogP contribution is 2.49. The monoisotopic (exact) mass is 238 g/mol. The largest absolute Gasteiger partial charge is 0.376 e. The molecule has 16 heavy (non-hydrogen) atoms. The Bertz CT molecular complexity index is 561. The molecule has 0 aromatic heterocycles. The Balaban J connectivity index is 2.51. The summed E-state index contributed by atoms with van der Waals surface area (Å²) < 4.78 is 10.9. The summed E-state index contributed by atoms with van der Waals surface area (Å²) in [6.45, 7) is 0. The van der Waals surface area contributed by atoms with Gasteiger partial charge in [0.15, 0.2) is 5.85 Å². The lowest BCUT2D eigenvalue weighted by Crippen LogP contribution is -1.97. The van der Waals surface area contributed by atoms with Crippen LogP contribution in [0.25, 0.3) is 10.8 Å². The van der Waals surface area contributed by atoms with Crippen molar-refractivity contribution in [3.8, 4) is 0 Å². The average molecular weight is 238 g/mol. The smallest absolute Gasteiger partial charge is 0.358 e. The molecule has 1 unspecified atom stereocenters. The first-order chi connectivity index (χ1) is 7.48. The van der Waals surface area contributed by atoms with E-state index >= 15 is 0 Å². The molecule has 0 heterocycles. The Hall–Kier alpha value is -1.19. The zero-order chi connectivity index (χ0) is 11.8. The number of rotatable bonds is 2. The Morgan fingerprint density at radius 2 is 1.62 bits per heavy atom. The lowest BCUT2D eigenvalue weighted by Gasteiger charge is -2.13. The molecule has 0 spiro atoms. The second-order valence-electron chi connectivity index (χ2n) is 3.57. The summed E-state index contributed by atoms with van der Waals surface area (Å²) in [7, 11) is -4.50. The molecule has 0 aliphatic rings. The third-order valence-corrected chi connectivity index (χ3v) is 3.33. The van der Waals surface area contributed by atoms with Crippen molar-refractivity contribution < 1.29 is 19.5 Å². The molecule has 3 N–H and O–H groups in total. The summed E-state index contributed by atoms with van der Waals surface area (Å²) in [5.74, 6) is -1.75. The highest BCUT2D eigenvalue weighted by atomic mass is 31.2. The maximum absolute atomic E-state index is 10.9. The topological polar surface area (TPSA) is 77.8 Å². The normalized spacial score (nSPS) is 13.9. The number of benzene rings is 2. The van der Waals surface area contributed by atoms with Crippen LogP contribution < -0.4 is 0 Å². The average Bonchev–Trinajstić information content (AvgIpc) is 2.26. The van der Waals surface area contributed by atoms with E-state index in [1.807, 2.05) is 24.3 Å². The quantitative estimate of drug-likeness (QED) is 0.699. The number of hydrogen-bond acceptors (Lipinski definition) is 2. The molecule has 0 amide bonds. The Morgan fingerprint density at radius 3 is 2.25 bits per heavy atom. The minimum absolute atomic E-state index is 0.229. The predicted molar refractivity (Wildman–Crippen MR) is 61.0 cm³/mol. The van der Waals surface area contributed by atoms with Gasteiger partial charge in [-0.25, -0.2) is 0 Å². The van der Waals surface area contributed by atoms with E-state index in [1.54, 1.807) is 12.1 Å². The summed E-state index contributed by atoms with van der Waals surface area (Å²) >= 11 is 0. The van der Waals surface area contributed by atoms with Crippen LogP contribution in [0.4, 0.5) is 0 Å². The van der Waals surface area contributed by atoms with Crippen LogP contribution in [0.1, 0.15) is 11.4 Å². The molecule has 0 fully saturated rings. The van der Waals surface area contributed by atoms with Gasteiger partial charge >= 0.3 is 7.60 Å². The van der Waals surface area contributed by atoms with Crippen LogP contribution in [-0.4, -0.2) is 14.9 Å². The first-order valence-electron chi connectivity index (χ1n) is 4.70. The van der Waals surface area contributed by atoms with E-state index in [0.717, 1.165) is 10.8 Å². The molecule has 2 aromatic carbocycles. The van der Waals surface area contributed by atoms with E-state index < -0.39 is 13.4 Å². The first-order valence-corrected chi connectivity index (χ1v) is 6.38. The summed E-state index contributed by atoms with van der Waals surface area (Å²) in [6.07, 6.45) is 0. The molecule has 0 aliphatic heterocycles. The summed E-state index contributed by atoms with van der Waals surface area (Å²) in [6, 6.07) is 12.3. The van der Waals surface area contributed by atoms with E-state index in [4.69, 9.17) is 9.79 Å². The van der Waals surface area contributed by atoms with Crippen molar-refractivity contribution in [1.29, 1.82) is 0 Å². The zero-order valence-electron chi connectivity index (χ0n) is 8.32. The zero-order valence-corrected chi connectivity index (χ0v) is 9.21. The maximum Gasteiger partial charge on any atom is 0.358 e. The summed E-state index contributed by atoms with van der Waals surface area (Å²) in [4.78, 5) is 17.7. The lowest BCUT2D eigenvalue weighted by molar-refractivity contribution is 0.206. The van der Waals surface area contributed by atoms with Gasteiger partial charge in [-0.05, 0) is 22.4 Å². The van der Waals surface area contributed by atoms with Crippen LogP contribution in [0.2, 0.25) is 0 Å². The van der Waals surface area contributed by atoms with E-state index in [2.05, 4.69) is 0 Å². The molecule has 2 aromatic rings. The van der Waals surface area contributed by atoms with E-state index in [1.165, 1.54) is 6.07 Å². The van der Waals surface area contributed by atoms with Crippen LogP contribution in [-0.2, 0) is 4.57 Å². The van der Waals surface area contributed by atoms with Crippen LogP contribution in [0.15, 0.2) is 42.5 Å². The van der Waals surface area contributed by atoms with Gasteiger partial charge in [0.1, 0.15) is 0 Å². The van der Waals surface area contributed by atoms with Crippen molar-refractivity contribution in [3.63, 3.8) is 0 Å². The van der Waals surface area contributed by atoms with Gasteiger partial charge in [0.2, 0.25) is 0 Å². The van der Waals surface area contributed by atoms with Gasteiger partial charge in [0, 0.05) is 0 Å². The summed E-state index contributed by atoms with van der Waals surface area (Å²) in [5.41, 5.74) is 0.229. The predicted octanol–water partition coefficient (Wildman–Crippen LogP) is 2.01. The van der Waals surface area contributed by atoms with Gasteiger partial charge in [-0.15, -0.1) is 0 Å². The standard InChI is InChI=1S/C11H11O4P/c12-11(16(13,14)15)10-6-5-8-3-1-2-4-9(8)7-10/h1-7,11-12H,(H2,13,14,15). The minimum Gasteiger partial charge on any atom is -0.376 e. The SMILES string of the molecule is O=P(O)(O)C(O)c1ccc2ccccc2c1. The van der Waals surface area contributed by atoms with E-state index in [0.29, 0.717) is 0 Å². The molecule has 1 atom stereocenters. The van der Waals surface area contributed by atoms with Gasteiger partial charge in [-0.3, -0.25) is 4.57 Å². The molecule has 5 heteroatoms. The van der Waals surface area contributed by atoms with Crippen LogP contribution in [0.3, 0.4) is 0 Å². The summed E-state index contributed by atoms with van der Waals surface area (Å²) in [5, 5.41) is 11.3. The minimum atomic E-state index is -4.50. The Morgan fingerprint density at radius 1 is 1.00 bits per heavy atom. The first kappa shape index (κ1) is 11.3. The van der Waals surface area contributed by atoms with Gasteiger partial charge < -0.3 is 14.9 Å². The van der Waals surface area contributed by atoms with Crippen molar-refractivity contribution in [2.24, 2.45) is 0 Å². The number of aliphatic hydroxyl groups is 1. The van der Waals surface area contributed by atoms with Crippen LogP contribution >= 0.6 is 7.60 Å². The van der Waals surface area contributed by atoms with Crippen LogP contribution in [0, 0.1) is 0 Å². The van der Waals surface area contributed by atoms with Gasteiger partial charge in [0.05, 0.1) is 0 Å². The molecule has 0 bridgehead atoms. The Labute approximate surface area is 92.3 Å². The number of aliphatic hydroxyl groups excluding tert-OH is 1. The highest BCUT2D eigenvalue weighted by molar-refractivity contribution is 7.51.